The number of hydrogen-bond donors (Lipinski definition) is 5. The predicted molar refractivity (Wildman–Crippen MR) is 229 cm³/mol. The van der Waals surface area contributed by atoms with Crippen LogP contribution in [0.1, 0.15) is 42.5 Å². The minimum atomic E-state index is -0.918. The van der Waals surface area contributed by atoms with Gasteiger partial charge in [-0.3, -0.25) is 9.59 Å². The minimum Gasteiger partial charge on any atom is -0.490 e. The van der Waals surface area contributed by atoms with Crippen molar-refractivity contribution in [3.05, 3.63) is 76.6 Å². The number of hydrogen-bond acceptors (Lipinski definition) is 16. The smallest absolute Gasteiger partial charge is 0.322 e. The molecule has 0 unspecified atom stereocenters. The molecule has 3 atom stereocenters. The van der Waals surface area contributed by atoms with Crippen LogP contribution in [0.4, 0.5) is 5.82 Å². The quantitative estimate of drug-likeness (QED) is 0.0295. The average molecular weight is 810 g/mol. The molecule has 2 aromatic heterocycles. The fourth-order valence-electron chi connectivity index (χ4n) is 5.70. The van der Waals surface area contributed by atoms with Gasteiger partial charge in [0.2, 0.25) is 5.89 Å². The van der Waals surface area contributed by atoms with Crippen molar-refractivity contribution in [2.24, 2.45) is 0 Å². The van der Waals surface area contributed by atoms with Crippen LogP contribution in [0.25, 0.3) is 22.6 Å². The van der Waals surface area contributed by atoms with Gasteiger partial charge in [0.1, 0.15) is 53.8 Å². The van der Waals surface area contributed by atoms with Crippen molar-refractivity contribution in [2.75, 3.05) is 32.0 Å². The molecule has 294 valence electrons. The van der Waals surface area contributed by atoms with Crippen LogP contribution in [0.15, 0.2) is 64.2 Å². The maximum absolute atomic E-state index is 13.2. The first-order valence-electron chi connectivity index (χ1n) is 18.4. The van der Waals surface area contributed by atoms with Crippen LogP contribution < -0.4 is 31.4 Å². The van der Waals surface area contributed by atoms with E-state index in [0.29, 0.717) is 57.1 Å². The van der Waals surface area contributed by atoms with Gasteiger partial charge in [0, 0.05) is 21.9 Å². The number of anilines is 1. The molecule has 57 heavy (non-hydrogen) atoms. The molecule has 0 aliphatic heterocycles. The van der Waals surface area contributed by atoms with Crippen molar-refractivity contribution < 1.29 is 28.2 Å². The highest BCUT2D eigenvalue weighted by Gasteiger charge is 2.26. The first kappa shape index (κ1) is 44.8. The normalized spacial score (nSPS) is 12.5. The number of nitriles is 2. The Morgan fingerprint density at radius 3 is 2.07 bits per heavy atom. The summed E-state index contributed by atoms with van der Waals surface area (Å²) < 4.78 is 23.1. The van der Waals surface area contributed by atoms with Gasteiger partial charge in [-0.1, -0.05) is 35.5 Å². The number of esters is 2. The Morgan fingerprint density at radius 2 is 1.47 bits per heavy atom. The van der Waals surface area contributed by atoms with E-state index in [1.807, 2.05) is 16.0 Å². The summed E-state index contributed by atoms with van der Waals surface area (Å²) in [5, 5.41) is 33.4. The zero-order chi connectivity index (χ0) is 41.2. The van der Waals surface area contributed by atoms with Gasteiger partial charge in [0.25, 0.3) is 0 Å². The highest BCUT2D eigenvalue weighted by molar-refractivity contribution is 7.98. The van der Waals surface area contributed by atoms with E-state index in [9.17, 15) is 20.1 Å². The molecule has 2 heterocycles. The molecular formula is C36H44B4ClN9O6S. The predicted octanol–water partition coefficient (Wildman–Crippen LogP) is 0.357. The van der Waals surface area contributed by atoms with Crippen LogP contribution in [0.2, 0.25) is 5.02 Å². The molecule has 21 heteroatoms. The number of ether oxygens (including phenoxy) is 3. The lowest BCUT2D eigenvalue weighted by molar-refractivity contribution is -0.163. The first-order valence-corrected chi connectivity index (χ1v) is 19.7. The molecule has 0 saturated carbocycles. The second-order valence-corrected chi connectivity index (χ2v) is 14.2. The molecule has 2 aromatic carbocycles. The largest absolute Gasteiger partial charge is 0.490 e. The number of carbonyl (C=O) groups excluding carboxylic acids is 2. The van der Waals surface area contributed by atoms with Gasteiger partial charge in [0.15, 0.2) is 38.0 Å². The molecule has 15 nitrogen and oxygen atoms in total. The van der Waals surface area contributed by atoms with E-state index in [-0.39, 0.29) is 30.2 Å². The van der Waals surface area contributed by atoms with Gasteiger partial charge in [-0.15, -0.1) is 0 Å². The number of halogens is 1. The molecule has 0 aliphatic rings. The van der Waals surface area contributed by atoms with E-state index in [1.165, 1.54) is 18.0 Å². The van der Waals surface area contributed by atoms with Crippen LogP contribution >= 0.6 is 23.4 Å². The Hall–Kier alpha value is -4.94. The lowest BCUT2D eigenvalue weighted by Crippen LogP contribution is -2.43. The second-order valence-electron chi connectivity index (χ2n) is 12.8. The molecule has 4 aromatic rings. The van der Waals surface area contributed by atoms with E-state index in [4.69, 9.17) is 36.0 Å². The van der Waals surface area contributed by atoms with Crippen LogP contribution in [0.5, 0.6) is 5.75 Å². The number of oxazole rings is 1. The third kappa shape index (κ3) is 13.0. The molecule has 0 saturated heterocycles. The minimum absolute atomic E-state index is 0.0242. The van der Waals surface area contributed by atoms with Crippen molar-refractivity contribution >= 4 is 73.0 Å². The van der Waals surface area contributed by atoms with Gasteiger partial charge in [-0.2, -0.15) is 10.5 Å². The van der Waals surface area contributed by atoms with Crippen molar-refractivity contribution in [3.8, 4) is 40.5 Å². The van der Waals surface area contributed by atoms with E-state index >= 15 is 0 Å². The summed E-state index contributed by atoms with van der Waals surface area (Å²) >= 11 is 7.24. The molecule has 0 radical (unpaired) electrons. The third-order valence-electron chi connectivity index (χ3n) is 8.79. The lowest BCUT2D eigenvalue weighted by atomic mass is 9.97. The molecule has 6 N–H and O–H groups in total. The summed E-state index contributed by atoms with van der Waals surface area (Å²) in [6.07, 6.45) is 3.22. The van der Waals surface area contributed by atoms with Crippen LogP contribution in [0, 0.1) is 22.7 Å². The molecular weight excluding hydrogens is 765 g/mol. The lowest BCUT2D eigenvalue weighted by Gasteiger charge is -2.23. The number of nitrogen functional groups attached to an aromatic ring is 1. The number of benzene rings is 2. The molecule has 0 amide bonds. The van der Waals surface area contributed by atoms with Crippen LogP contribution in [-0.2, 0) is 24.8 Å². The maximum Gasteiger partial charge on any atom is 0.322 e. The number of thioether (sulfide) groups is 1. The monoisotopic (exact) mass is 809 g/mol. The van der Waals surface area contributed by atoms with Crippen molar-refractivity contribution in [2.45, 2.75) is 54.6 Å². The average Bonchev–Trinajstić information content (AvgIpc) is 3.70. The zero-order valence-electron chi connectivity index (χ0n) is 32.4. The molecule has 0 aliphatic carbocycles. The van der Waals surface area contributed by atoms with Crippen molar-refractivity contribution in [1.29, 1.82) is 10.5 Å². The second kappa shape index (κ2) is 23.3. The molecule has 0 bridgehead atoms. The number of pyridine rings is 1. The molecule has 0 fully saturated rings. The maximum atomic E-state index is 13.2. The van der Waals surface area contributed by atoms with Crippen molar-refractivity contribution in [1.82, 2.24) is 30.9 Å². The highest BCUT2D eigenvalue weighted by atomic mass is 35.5. The number of nitrogens with two attached hydrogens (primary N) is 1. The van der Waals surface area contributed by atoms with E-state index in [0.717, 1.165) is 31.5 Å². The topological polar surface area (TPSA) is 222 Å². The Bertz CT molecular complexity index is 2020. The van der Waals surface area contributed by atoms with Gasteiger partial charge in [-0.05, 0) is 80.7 Å². The van der Waals surface area contributed by atoms with Crippen LogP contribution in [-0.4, -0.2) is 98.3 Å². The molecule has 0 spiro atoms. The van der Waals surface area contributed by atoms with Gasteiger partial charge in [0.05, 0.1) is 23.3 Å². The van der Waals surface area contributed by atoms with E-state index < -0.39 is 30.1 Å². The SMILES string of the molecule is BNCCC[C@H](NB)C(=O)OC[C@@H](COc1ccc(-c2c(C#N)c(N)nc(SCc3coc(-c4ccc(Cl)cc4)n3)c2C#N)cc1)OC(=O)[C@H](CCCNB)NB. The Labute approximate surface area is 345 Å². The molecule has 4 rings (SSSR count). The summed E-state index contributed by atoms with van der Waals surface area (Å²) in [5.41, 5.74) is 8.73. The Kier molecular flexibility index (Phi) is 18.3. The number of aromatic nitrogens is 2. The van der Waals surface area contributed by atoms with Gasteiger partial charge >= 0.3 is 11.9 Å². The number of carbonyl (C=O) groups is 2. The summed E-state index contributed by atoms with van der Waals surface area (Å²) in [5.74, 6) is 0.164. The summed E-state index contributed by atoms with van der Waals surface area (Å²) in [6.45, 7) is 1.15. The standard InChI is InChI=1S/C36H44B4ClN9O6S/c37-45-13-1-3-29(49-39)35(51)55-19-26(56-36(52)30(50-40)4-2-14-46-38)18-53-25-11-7-21(8-12-25)31-27(15-42)32(44)48-34(28(31)16-43)57-20-24-17-54-33(47-24)22-5-9-23(41)10-6-22/h5-12,17,26,29-30,45-46,49-50H,1-4,13-14,18-20,37-40H2,(H2,44,48)/t26-,29+,30+/m1/s1. The number of nitrogens with zero attached hydrogens (tertiary/aromatic N) is 4. The van der Waals surface area contributed by atoms with Gasteiger partial charge < -0.3 is 45.3 Å². The fraction of sp³-hybridized carbons (Fsp3) is 0.333. The van der Waals surface area contributed by atoms with E-state index in [2.05, 4.69) is 43.0 Å². The summed E-state index contributed by atoms with van der Waals surface area (Å²) in [4.78, 5) is 35.0. The summed E-state index contributed by atoms with van der Waals surface area (Å²) in [7, 11) is 7.06. The van der Waals surface area contributed by atoms with Crippen molar-refractivity contribution in [3.63, 3.8) is 0 Å². The highest BCUT2D eigenvalue weighted by Crippen LogP contribution is 2.37. The van der Waals surface area contributed by atoms with Gasteiger partial charge in [-0.25, -0.2) is 9.97 Å². The Morgan fingerprint density at radius 1 is 0.860 bits per heavy atom. The number of rotatable bonds is 23. The number of nitrogens with one attached hydrogen (secondary N) is 4. The summed E-state index contributed by atoms with van der Waals surface area (Å²) in [6, 6.07) is 17.0. The van der Waals surface area contributed by atoms with E-state index in [1.54, 1.807) is 64.5 Å². The first-order chi connectivity index (χ1) is 27.6. The Balaban J connectivity index is 1.50. The fourth-order valence-corrected chi connectivity index (χ4v) is 6.70. The third-order valence-corrected chi connectivity index (χ3v) is 10.1. The zero-order valence-corrected chi connectivity index (χ0v) is 34.0. The van der Waals surface area contributed by atoms with Crippen LogP contribution in [0.3, 0.4) is 0 Å².